The second-order valence-corrected chi connectivity index (χ2v) is 28.6. The van der Waals surface area contributed by atoms with E-state index in [9.17, 15) is 0 Å². The van der Waals surface area contributed by atoms with E-state index in [1.807, 2.05) is 0 Å². The van der Waals surface area contributed by atoms with Gasteiger partial charge in [0.05, 0.1) is 19.3 Å². The zero-order valence-electron chi connectivity index (χ0n) is 50.6. The second kappa shape index (κ2) is 30.0. The van der Waals surface area contributed by atoms with Crippen LogP contribution in [0.4, 0.5) is 0 Å². The third-order valence-corrected chi connectivity index (χ3v) is 22.5. The molecule has 0 atom stereocenters. The maximum atomic E-state index is 6.74. The zero-order valence-corrected chi connectivity index (χ0v) is 51.6. The summed E-state index contributed by atoms with van der Waals surface area (Å²) in [5.74, 6) is 0. The van der Waals surface area contributed by atoms with Crippen LogP contribution in [0.3, 0.4) is 0 Å². The standard InChI is InChI=1S/C75H99BO2Si/c1-12-19-23-27-31-65-55-71(64-47-49-69(50-48-64)79(51-16-5,52-17-6)53-18-7)66(32-28-24-20-13-2)54-70(65)62-43-39-60(40-44-62)58-35-37-59(38-36-58)61-41-45-63(46-42-61)72-56-68(34-30-26-22-15-4)73(57-67(72)33-29-25-21-14-3)76-77-74(8,9)75(10,11)78-76/h16-18,35-50,54-57H,5-7,12-15,19-34,51-53H2,1-4,8-11H3. The van der Waals surface area contributed by atoms with E-state index in [-0.39, 0.29) is 18.3 Å². The molecule has 0 amide bonds. The third-order valence-electron chi connectivity index (χ3n) is 17.8. The Hall–Kier alpha value is -5.26. The van der Waals surface area contributed by atoms with E-state index in [2.05, 4.69) is 215 Å². The van der Waals surface area contributed by atoms with Gasteiger partial charge in [-0.25, -0.2) is 0 Å². The summed E-state index contributed by atoms with van der Waals surface area (Å²) >= 11 is 0. The van der Waals surface area contributed by atoms with Crippen LogP contribution in [0.5, 0.6) is 0 Å². The van der Waals surface area contributed by atoms with Gasteiger partial charge < -0.3 is 9.31 Å². The average molecular weight is 1070 g/mol. The molecule has 79 heavy (non-hydrogen) atoms. The molecule has 1 aliphatic heterocycles. The lowest BCUT2D eigenvalue weighted by Crippen LogP contribution is -2.46. The molecule has 0 bridgehead atoms. The lowest BCUT2D eigenvalue weighted by Gasteiger charge is -2.32. The van der Waals surface area contributed by atoms with Gasteiger partial charge in [0, 0.05) is 0 Å². The number of hydrogen-bond donors (Lipinski definition) is 0. The molecule has 418 valence electrons. The van der Waals surface area contributed by atoms with Crippen molar-refractivity contribution in [2.45, 2.75) is 213 Å². The molecule has 0 N–H and O–H groups in total. The average Bonchev–Trinajstić information content (AvgIpc) is 3.94. The maximum absolute atomic E-state index is 6.74. The highest BCUT2D eigenvalue weighted by atomic mass is 28.3. The van der Waals surface area contributed by atoms with Gasteiger partial charge >= 0.3 is 7.12 Å². The van der Waals surface area contributed by atoms with Gasteiger partial charge in [-0.3, -0.25) is 0 Å². The highest BCUT2D eigenvalue weighted by molar-refractivity contribution is 6.92. The van der Waals surface area contributed by atoms with Gasteiger partial charge in [-0.15, -0.1) is 19.7 Å². The molecule has 1 aliphatic rings. The first-order chi connectivity index (χ1) is 38.3. The molecule has 0 aliphatic carbocycles. The fourth-order valence-electron chi connectivity index (χ4n) is 12.2. The van der Waals surface area contributed by atoms with Gasteiger partial charge in [-0.2, -0.15) is 0 Å². The van der Waals surface area contributed by atoms with Gasteiger partial charge in [-0.05, 0) is 181 Å². The highest BCUT2D eigenvalue weighted by Gasteiger charge is 2.52. The number of unbranched alkanes of at least 4 members (excludes halogenated alkanes) is 12. The van der Waals surface area contributed by atoms with Crippen molar-refractivity contribution in [3.63, 3.8) is 0 Å². The first-order valence-corrected chi connectivity index (χ1v) is 33.9. The van der Waals surface area contributed by atoms with E-state index < -0.39 is 8.07 Å². The molecule has 7 rings (SSSR count). The van der Waals surface area contributed by atoms with Gasteiger partial charge in [0.2, 0.25) is 0 Å². The fraction of sp³-hybridized carbons (Fsp3) is 0.440. The van der Waals surface area contributed by atoms with Crippen LogP contribution < -0.4 is 10.6 Å². The third kappa shape index (κ3) is 15.8. The Morgan fingerprint density at radius 2 is 0.646 bits per heavy atom. The summed E-state index contributed by atoms with van der Waals surface area (Å²) in [6.45, 7) is 30.4. The summed E-state index contributed by atoms with van der Waals surface area (Å²) in [6.07, 6.45) is 30.5. The van der Waals surface area contributed by atoms with Crippen LogP contribution in [0.1, 0.15) is 180 Å². The molecular weight excluding hydrogens is 972 g/mol. The van der Waals surface area contributed by atoms with Gasteiger partial charge in [-0.1, -0.05) is 249 Å². The summed E-state index contributed by atoms with van der Waals surface area (Å²) < 4.78 is 13.5. The number of allylic oxidation sites excluding steroid dienone is 3. The molecule has 1 fully saturated rings. The van der Waals surface area contributed by atoms with Crippen molar-refractivity contribution in [2.75, 3.05) is 0 Å². The first kappa shape index (κ1) is 61.4. The van der Waals surface area contributed by atoms with E-state index in [0.29, 0.717) is 0 Å². The topological polar surface area (TPSA) is 18.5 Å². The number of hydrogen-bond acceptors (Lipinski definition) is 2. The Balaban J connectivity index is 1.16. The minimum absolute atomic E-state index is 0.358. The molecule has 1 heterocycles. The molecule has 0 spiro atoms. The molecule has 6 aromatic rings. The second-order valence-electron chi connectivity index (χ2n) is 24.3. The predicted molar refractivity (Wildman–Crippen MR) is 351 cm³/mol. The van der Waals surface area contributed by atoms with Crippen molar-refractivity contribution in [3.8, 4) is 55.6 Å². The SMILES string of the molecule is C=CC[Si](CC=C)(CC=C)c1ccc(-c2cc(CCCCCC)c(-c3ccc(-c4ccc(-c5ccc(-c6cc(CCCCCC)c(B7OC(C)(C)C(C)(C)O7)cc6CCCCCC)cc5)cc4)cc3)cc2CCCCCC)cc1. The van der Waals surface area contributed by atoms with Crippen LogP contribution in [0.15, 0.2) is 159 Å². The van der Waals surface area contributed by atoms with Crippen LogP contribution in [0, 0.1) is 0 Å². The normalized spacial score (nSPS) is 13.9. The van der Waals surface area contributed by atoms with Crippen LogP contribution in [-0.2, 0) is 35.0 Å². The summed E-state index contributed by atoms with van der Waals surface area (Å²) in [4.78, 5) is 0. The first-order valence-electron chi connectivity index (χ1n) is 31.3. The highest BCUT2D eigenvalue weighted by Crippen LogP contribution is 2.40. The number of rotatable bonds is 33. The largest absolute Gasteiger partial charge is 0.495 e. The molecule has 0 saturated carbocycles. The molecule has 4 heteroatoms. The van der Waals surface area contributed by atoms with Crippen molar-refractivity contribution in [2.24, 2.45) is 0 Å². The van der Waals surface area contributed by atoms with Crippen LogP contribution >= 0.6 is 0 Å². The quantitative estimate of drug-likeness (QED) is 0.0232. The Labute approximate surface area is 482 Å². The molecule has 2 nitrogen and oxygen atoms in total. The van der Waals surface area contributed by atoms with E-state index in [1.54, 1.807) is 0 Å². The van der Waals surface area contributed by atoms with Crippen LogP contribution in [0.2, 0.25) is 18.1 Å². The summed E-state index contributed by atoms with van der Waals surface area (Å²) in [5.41, 5.74) is 19.2. The van der Waals surface area contributed by atoms with E-state index in [0.717, 1.165) is 43.8 Å². The summed E-state index contributed by atoms with van der Waals surface area (Å²) in [6, 6.07) is 50.9. The minimum atomic E-state index is -1.87. The number of benzene rings is 6. The molecule has 0 aromatic heterocycles. The number of aryl methyl sites for hydroxylation is 4. The molecule has 0 radical (unpaired) electrons. The van der Waals surface area contributed by atoms with E-state index in [4.69, 9.17) is 9.31 Å². The van der Waals surface area contributed by atoms with Gasteiger partial charge in [0.25, 0.3) is 0 Å². The Bertz CT molecular complexity index is 2810. The molecule has 6 aromatic carbocycles. The Morgan fingerprint density at radius 1 is 0.367 bits per heavy atom. The Kier molecular flexibility index (Phi) is 23.3. The van der Waals surface area contributed by atoms with E-state index >= 15 is 0 Å². The van der Waals surface area contributed by atoms with Crippen molar-refractivity contribution in [1.29, 1.82) is 0 Å². The molecular formula is C75H99BO2Si. The molecule has 1 saturated heterocycles. The molecule has 0 unspecified atom stereocenters. The van der Waals surface area contributed by atoms with Crippen molar-refractivity contribution >= 4 is 25.8 Å². The predicted octanol–water partition coefficient (Wildman–Crippen LogP) is 21.0. The summed E-state index contributed by atoms with van der Waals surface area (Å²) in [5, 5.41) is 1.47. The Morgan fingerprint density at radius 3 is 0.962 bits per heavy atom. The monoisotopic (exact) mass is 1070 g/mol. The van der Waals surface area contributed by atoms with Crippen LogP contribution in [-0.4, -0.2) is 26.4 Å². The maximum Gasteiger partial charge on any atom is 0.495 e. The smallest absolute Gasteiger partial charge is 0.399 e. The lowest BCUT2D eigenvalue weighted by atomic mass is 9.72. The van der Waals surface area contributed by atoms with Crippen LogP contribution in [0.25, 0.3) is 55.6 Å². The van der Waals surface area contributed by atoms with Gasteiger partial charge in [0.15, 0.2) is 0 Å². The fourth-order valence-corrected chi connectivity index (χ4v) is 15.9. The lowest BCUT2D eigenvalue weighted by molar-refractivity contribution is 0.00578. The van der Waals surface area contributed by atoms with Crippen molar-refractivity contribution in [3.05, 3.63) is 182 Å². The zero-order chi connectivity index (χ0) is 56.3. The van der Waals surface area contributed by atoms with Gasteiger partial charge in [0.1, 0.15) is 0 Å². The van der Waals surface area contributed by atoms with E-state index in [1.165, 1.54) is 191 Å². The summed E-state index contributed by atoms with van der Waals surface area (Å²) in [7, 11) is -2.23. The van der Waals surface area contributed by atoms with Crippen molar-refractivity contribution in [1.82, 2.24) is 0 Å². The van der Waals surface area contributed by atoms with Crippen molar-refractivity contribution < 1.29 is 9.31 Å². The minimum Gasteiger partial charge on any atom is -0.399 e.